The van der Waals surface area contributed by atoms with Gasteiger partial charge in [-0.15, -0.1) is 11.3 Å². The molecule has 1 aliphatic carbocycles. The number of rotatable bonds is 8. The van der Waals surface area contributed by atoms with E-state index in [9.17, 15) is 14.4 Å². The number of nitrogens with one attached hydrogen (secondary N) is 2. The molecule has 2 aromatic heterocycles. The number of aromatic nitrogens is 1. The van der Waals surface area contributed by atoms with Gasteiger partial charge in [-0.1, -0.05) is 37.3 Å². The first-order chi connectivity index (χ1) is 20.4. The number of fused-ring (bicyclic) bond motifs is 2. The van der Waals surface area contributed by atoms with Crippen LogP contribution in [-0.2, 0) is 20.9 Å². The van der Waals surface area contributed by atoms with E-state index in [2.05, 4.69) is 59.6 Å². The van der Waals surface area contributed by atoms with E-state index in [1.54, 1.807) is 0 Å². The van der Waals surface area contributed by atoms with Crippen LogP contribution in [0.1, 0.15) is 23.8 Å². The molecular formula is C33H40N4O4S. The second-order valence-electron chi connectivity index (χ2n) is 10.2. The number of aldehydes is 2. The van der Waals surface area contributed by atoms with E-state index in [1.165, 1.54) is 20.5 Å². The zero-order chi connectivity index (χ0) is 30.3. The highest BCUT2D eigenvalue weighted by Crippen LogP contribution is 2.51. The summed E-state index contributed by atoms with van der Waals surface area (Å²) < 4.78 is 6.97. The number of ether oxygens (including phenoxy) is 1. The lowest BCUT2D eigenvalue weighted by Crippen LogP contribution is -2.31. The minimum Gasteiger partial charge on any atom is -0.457 e. The maximum absolute atomic E-state index is 10.4. The summed E-state index contributed by atoms with van der Waals surface area (Å²) in [5.41, 5.74) is 1.21. The van der Waals surface area contributed by atoms with Crippen LogP contribution in [0.2, 0.25) is 0 Å². The van der Waals surface area contributed by atoms with Crippen molar-refractivity contribution in [2.45, 2.75) is 38.9 Å². The number of carbonyl (C=O) groups is 3. The second kappa shape index (κ2) is 17.1. The van der Waals surface area contributed by atoms with Gasteiger partial charge in [0.1, 0.15) is 24.1 Å². The molecule has 4 atom stereocenters. The minimum atomic E-state index is 0.115. The molecule has 4 unspecified atom stereocenters. The molecule has 2 aromatic carbocycles. The standard InChI is InChI=1S/C13H12O.C9H10N2S.C8H13NO.C3H5NO2/c1-11-6-5-9-13(10-11)14-12-7-3-2-4-8-12;1-10-6-8-4-7-5-11-3-2-9(7)12-8;1-5-7-3-6(4-10)9(2)8(5)7;5-2-1-4-3-6/h2-10H,1H3;2-5,10H,6H2,1H3;4-8H,3H2,1-2H3;2-3H,1H2,(H,4,6). The molecule has 2 aliphatic rings. The first-order valence-electron chi connectivity index (χ1n) is 14.0. The summed E-state index contributed by atoms with van der Waals surface area (Å²) in [6.45, 7) is 5.38. The van der Waals surface area contributed by atoms with Crippen molar-refractivity contribution < 1.29 is 19.1 Å². The maximum atomic E-state index is 10.4. The number of thiophene rings is 1. The van der Waals surface area contributed by atoms with Gasteiger partial charge in [0, 0.05) is 39.9 Å². The molecule has 1 aliphatic heterocycles. The van der Waals surface area contributed by atoms with Gasteiger partial charge in [-0.3, -0.25) is 14.7 Å². The lowest BCUT2D eigenvalue weighted by Gasteiger charge is -2.17. The van der Waals surface area contributed by atoms with Crippen LogP contribution >= 0.6 is 11.3 Å². The van der Waals surface area contributed by atoms with Gasteiger partial charge in [0.15, 0.2) is 0 Å². The van der Waals surface area contributed by atoms with Crippen molar-refractivity contribution in [3.63, 3.8) is 0 Å². The molecular weight excluding hydrogens is 548 g/mol. The fourth-order valence-corrected chi connectivity index (χ4v) is 6.01. The Morgan fingerprint density at radius 2 is 1.81 bits per heavy atom. The highest BCUT2D eigenvalue weighted by Gasteiger charge is 2.56. The van der Waals surface area contributed by atoms with Crippen LogP contribution in [0.25, 0.3) is 10.1 Å². The monoisotopic (exact) mass is 588 g/mol. The molecule has 0 spiro atoms. The number of likely N-dealkylation sites (tertiary alicyclic amines) is 1. The molecule has 8 nitrogen and oxygen atoms in total. The highest BCUT2D eigenvalue weighted by atomic mass is 32.1. The summed E-state index contributed by atoms with van der Waals surface area (Å²) in [5, 5.41) is 6.53. The third-order valence-corrected chi connectivity index (χ3v) is 8.26. The Hall–Kier alpha value is -3.92. The Labute approximate surface area is 252 Å². The molecule has 3 heterocycles. The lowest BCUT2D eigenvalue weighted by molar-refractivity contribution is -0.113. The van der Waals surface area contributed by atoms with Crippen molar-refractivity contribution in [1.29, 1.82) is 0 Å². The molecule has 1 amide bonds. The van der Waals surface area contributed by atoms with Gasteiger partial charge in [-0.2, -0.15) is 0 Å². The number of aryl methyl sites for hydroxylation is 1. The number of piperidine rings is 1. The number of para-hydroxylation sites is 1. The smallest absolute Gasteiger partial charge is 0.207 e. The number of hydrogen-bond acceptors (Lipinski definition) is 8. The normalized spacial score (nSPS) is 19.8. The van der Waals surface area contributed by atoms with Gasteiger partial charge in [-0.25, -0.2) is 0 Å². The van der Waals surface area contributed by atoms with Gasteiger partial charge in [0.05, 0.1) is 12.6 Å². The number of pyridine rings is 1. The first kappa shape index (κ1) is 32.6. The van der Waals surface area contributed by atoms with E-state index >= 15 is 0 Å². The van der Waals surface area contributed by atoms with E-state index in [1.807, 2.05) is 79.3 Å². The van der Waals surface area contributed by atoms with Crippen molar-refractivity contribution in [3.8, 4) is 11.5 Å². The van der Waals surface area contributed by atoms with E-state index in [4.69, 9.17) is 4.74 Å². The minimum absolute atomic E-state index is 0.115. The number of nitrogens with zero attached hydrogens (tertiary/aromatic N) is 2. The summed E-state index contributed by atoms with van der Waals surface area (Å²) in [5.74, 6) is 3.44. The van der Waals surface area contributed by atoms with Crippen molar-refractivity contribution in [2.24, 2.45) is 11.8 Å². The maximum Gasteiger partial charge on any atom is 0.207 e. The van der Waals surface area contributed by atoms with Crippen LogP contribution in [0.5, 0.6) is 11.5 Å². The zero-order valence-electron chi connectivity index (χ0n) is 24.6. The summed E-state index contributed by atoms with van der Waals surface area (Å²) in [4.78, 5) is 36.7. The number of likely N-dealkylation sites (N-methyl/N-ethyl adjacent to an activating group) is 1. The molecule has 2 fully saturated rings. The summed E-state index contributed by atoms with van der Waals surface area (Å²) >= 11 is 1.82. The topological polar surface area (TPSA) is 101 Å². The fourth-order valence-electron chi connectivity index (χ4n) is 4.97. The quantitative estimate of drug-likeness (QED) is 0.214. The molecule has 6 rings (SSSR count). The average molecular weight is 589 g/mol. The highest BCUT2D eigenvalue weighted by molar-refractivity contribution is 7.19. The van der Waals surface area contributed by atoms with Crippen LogP contribution in [-0.4, -0.2) is 61.6 Å². The van der Waals surface area contributed by atoms with E-state index in [0.717, 1.165) is 48.6 Å². The van der Waals surface area contributed by atoms with Gasteiger partial charge < -0.3 is 25.0 Å². The van der Waals surface area contributed by atoms with Gasteiger partial charge >= 0.3 is 0 Å². The van der Waals surface area contributed by atoms with E-state index in [-0.39, 0.29) is 12.6 Å². The van der Waals surface area contributed by atoms with Crippen LogP contribution in [0, 0.1) is 18.8 Å². The van der Waals surface area contributed by atoms with E-state index < -0.39 is 0 Å². The van der Waals surface area contributed by atoms with Crippen molar-refractivity contribution in [2.75, 3.05) is 20.6 Å². The Bertz CT molecular complexity index is 1360. The molecule has 4 aromatic rings. The molecule has 2 N–H and O–H groups in total. The molecule has 9 heteroatoms. The molecule has 42 heavy (non-hydrogen) atoms. The fraction of sp³-hybridized carbons (Fsp3) is 0.333. The van der Waals surface area contributed by atoms with E-state index in [0.29, 0.717) is 12.7 Å². The molecule has 0 bridgehead atoms. The summed E-state index contributed by atoms with van der Waals surface area (Å²) in [7, 11) is 4.02. The second-order valence-corrected chi connectivity index (χ2v) is 11.4. The summed E-state index contributed by atoms with van der Waals surface area (Å²) in [6, 6.07) is 23.0. The molecule has 0 radical (unpaired) electrons. The predicted molar refractivity (Wildman–Crippen MR) is 169 cm³/mol. The lowest BCUT2D eigenvalue weighted by atomic mass is 10.1. The van der Waals surface area contributed by atoms with Crippen molar-refractivity contribution in [3.05, 3.63) is 89.6 Å². The van der Waals surface area contributed by atoms with Crippen molar-refractivity contribution in [1.82, 2.24) is 20.5 Å². The van der Waals surface area contributed by atoms with Gasteiger partial charge in [-0.05, 0) is 81.2 Å². The van der Waals surface area contributed by atoms with Crippen LogP contribution < -0.4 is 15.4 Å². The molecule has 1 saturated carbocycles. The third kappa shape index (κ3) is 9.87. The number of hydrogen-bond donors (Lipinski definition) is 2. The van der Waals surface area contributed by atoms with Crippen LogP contribution in [0.15, 0.2) is 79.1 Å². The summed E-state index contributed by atoms with van der Waals surface area (Å²) in [6.07, 6.45) is 7.03. The Morgan fingerprint density at radius 3 is 2.38 bits per heavy atom. The Morgan fingerprint density at radius 1 is 1.05 bits per heavy atom. The van der Waals surface area contributed by atoms with Gasteiger partial charge in [0.2, 0.25) is 6.41 Å². The largest absolute Gasteiger partial charge is 0.457 e. The number of benzene rings is 2. The predicted octanol–water partition coefficient (Wildman–Crippen LogP) is 5.26. The van der Waals surface area contributed by atoms with Crippen molar-refractivity contribution >= 4 is 40.4 Å². The number of amides is 1. The van der Waals surface area contributed by atoms with Crippen LogP contribution in [0.4, 0.5) is 0 Å². The van der Waals surface area contributed by atoms with Crippen LogP contribution in [0.3, 0.4) is 0 Å². The zero-order valence-corrected chi connectivity index (χ0v) is 25.4. The Kier molecular flexibility index (Phi) is 13.3. The number of carbonyl (C=O) groups excluding carboxylic acids is 3. The molecule has 222 valence electrons. The molecule has 1 saturated heterocycles. The first-order valence-corrected chi connectivity index (χ1v) is 14.8. The average Bonchev–Trinajstić information content (AvgIpc) is 3.29. The SMILES string of the molecule is CC1C2CC(C=O)N(C)C12.CNCc1cc2cnccc2s1.Cc1cccc(Oc2ccccc2)c1.O=CCNC=O. The third-order valence-electron chi connectivity index (χ3n) is 7.15. The van der Waals surface area contributed by atoms with Gasteiger partial charge in [0.25, 0.3) is 0 Å². The Balaban J connectivity index is 0.000000160.